The molecule has 158 valence electrons. The molecule has 1 aliphatic carbocycles. The summed E-state index contributed by atoms with van der Waals surface area (Å²) in [6.45, 7) is 5.82. The van der Waals surface area contributed by atoms with Crippen molar-refractivity contribution < 1.29 is 4.39 Å². The molecule has 0 atom stereocenters. The molecule has 5 rings (SSSR count). The highest BCUT2D eigenvalue weighted by molar-refractivity contribution is 5.74. The van der Waals surface area contributed by atoms with E-state index in [1.165, 1.54) is 25.1 Å². The number of pyridine rings is 1. The van der Waals surface area contributed by atoms with Crippen molar-refractivity contribution >= 4 is 17.8 Å². The summed E-state index contributed by atoms with van der Waals surface area (Å²) in [4.78, 5) is 9.13. The maximum Gasteiger partial charge on any atom is 0.124 e. The molecule has 0 N–H and O–H groups in total. The highest BCUT2D eigenvalue weighted by Crippen LogP contribution is 2.30. The quantitative estimate of drug-likeness (QED) is 0.491. The Balaban J connectivity index is 1.23. The van der Waals surface area contributed by atoms with Crippen LogP contribution in [0.15, 0.2) is 67.0 Å². The van der Waals surface area contributed by atoms with Crippen molar-refractivity contribution in [2.75, 3.05) is 37.6 Å². The lowest BCUT2D eigenvalue weighted by Gasteiger charge is -2.36. The highest BCUT2D eigenvalue weighted by atomic mass is 19.1. The van der Waals surface area contributed by atoms with Gasteiger partial charge in [0.2, 0.25) is 0 Å². The van der Waals surface area contributed by atoms with Crippen LogP contribution in [-0.4, -0.2) is 42.6 Å². The lowest BCUT2D eigenvalue weighted by atomic mass is 10.0. The number of piperazine rings is 1. The Morgan fingerprint density at radius 1 is 0.806 bits per heavy atom. The first-order valence-electron chi connectivity index (χ1n) is 11.2. The molecule has 2 heterocycles. The minimum atomic E-state index is -0.231. The van der Waals surface area contributed by atoms with Gasteiger partial charge in [-0.15, -0.1) is 0 Å². The van der Waals surface area contributed by atoms with Crippen LogP contribution in [0.2, 0.25) is 0 Å². The highest BCUT2D eigenvalue weighted by Gasteiger charge is 2.26. The van der Waals surface area contributed by atoms with Crippen molar-refractivity contribution in [3.05, 3.63) is 83.9 Å². The smallest absolute Gasteiger partial charge is 0.124 e. The summed E-state index contributed by atoms with van der Waals surface area (Å²) in [7, 11) is 0. The standard InChI is InChI=1S/C27H28FN3/c28-26-18-23(17-25(19-26)24-9-11-29-12-10-24)4-1-21-5-7-27(8-6-21)31-15-13-30(14-16-31)20-22-2-3-22/h1,4-12,17-19,22H,2-3,13-16,20H2/b4-1+. The molecule has 4 heteroatoms. The Hall–Kier alpha value is -2.98. The number of halogens is 1. The van der Waals surface area contributed by atoms with Crippen LogP contribution in [0.1, 0.15) is 24.0 Å². The molecule has 31 heavy (non-hydrogen) atoms. The van der Waals surface area contributed by atoms with E-state index in [0.717, 1.165) is 54.4 Å². The van der Waals surface area contributed by atoms with Gasteiger partial charge >= 0.3 is 0 Å². The van der Waals surface area contributed by atoms with Crippen LogP contribution in [0.3, 0.4) is 0 Å². The lowest BCUT2D eigenvalue weighted by Crippen LogP contribution is -2.47. The van der Waals surface area contributed by atoms with E-state index < -0.39 is 0 Å². The van der Waals surface area contributed by atoms with Crippen molar-refractivity contribution in [2.24, 2.45) is 5.92 Å². The van der Waals surface area contributed by atoms with E-state index in [4.69, 9.17) is 0 Å². The summed E-state index contributed by atoms with van der Waals surface area (Å²) in [5, 5.41) is 0. The van der Waals surface area contributed by atoms with Gasteiger partial charge in [0.05, 0.1) is 0 Å². The van der Waals surface area contributed by atoms with E-state index in [2.05, 4.69) is 39.0 Å². The van der Waals surface area contributed by atoms with Gasteiger partial charge in [0, 0.05) is 50.8 Å². The third kappa shape index (κ3) is 5.20. The number of benzene rings is 2. The first kappa shape index (κ1) is 20.0. The zero-order valence-corrected chi connectivity index (χ0v) is 17.8. The summed E-state index contributed by atoms with van der Waals surface area (Å²) in [5.74, 6) is 0.738. The van der Waals surface area contributed by atoms with Gasteiger partial charge in [-0.2, -0.15) is 0 Å². The minimum absolute atomic E-state index is 0.231. The number of hydrogen-bond donors (Lipinski definition) is 0. The molecule has 1 aromatic heterocycles. The van der Waals surface area contributed by atoms with Crippen LogP contribution in [0, 0.1) is 11.7 Å². The molecule has 0 unspecified atom stereocenters. The van der Waals surface area contributed by atoms with E-state index in [1.54, 1.807) is 24.5 Å². The van der Waals surface area contributed by atoms with Crippen molar-refractivity contribution in [1.82, 2.24) is 9.88 Å². The van der Waals surface area contributed by atoms with Gasteiger partial charge in [0.1, 0.15) is 5.82 Å². The van der Waals surface area contributed by atoms with Gasteiger partial charge in [-0.05, 0) is 83.5 Å². The fourth-order valence-electron chi connectivity index (χ4n) is 4.26. The summed E-state index contributed by atoms with van der Waals surface area (Å²) in [5.41, 5.74) is 5.08. The molecule has 1 aliphatic heterocycles. The van der Waals surface area contributed by atoms with Crippen molar-refractivity contribution in [3.8, 4) is 11.1 Å². The Morgan fingerprint density at radius 3 is 2.23 bits per heavy atom. The summed E-state index contributed by atoms with van der Waals surface area (Å²) >= 11 is 0. The second-order valence-corrected chi connectivity index (χ2v) is 8.67. The molecule has 1 saturated carbocycles. The van der Waals surface area contributed by atoms with E-state index in [0.29, 0.717) is 0 Å². The maximum atomic E-state index is 14.1. The van der Waals surface area contributed by atoms with Gasteiger partial charge in [-0.3, -0.25) is 9.88 Å². The third-order valence-electron chi connectivity index (χ3n) is 6.25. The van der Waals surface area contributed by atoms with Crippen LogP contribution >= 0.6 is 0 Å². The monoisotopic (exact) mass is 413 g/mol. The molecule has 3 aromatic rings. The SMILES string of the molecule is Fc1cc(/C=C/c2ccc(N3CCN(CC4CC4)CC3)cc2)cc(-c2ccncc2)c1. The maximum absolute atomic E-state index is 14.1. The van der Waals surface area contributed by atoms with Crippen LogP contribution < -0.4 is 4.90 Å². The average molecular weight is 414 g/mol. The summed E-state index contributed by atoms with van der Waals surface area (Å²) in [6.07, 6.45) is 10.3. The predicted octanol–water partition coefficient (Wildman–Crippen LogP) is 5.59. The zero-order chi connectivity index (χ0) is 21.0. The van der Waals surface area contributed by atoms with Gasteiger partial charge in [-0.1, -0.05) is 24.3 Å². The Morgan fingerprint density at radius 2 is 1.52 bits per heavy atom. The van der Waals surface area contributed by atoms with Crippen molar-refractivity contribution in [2.45, 2.75) is 12.8 Å². The molecule has 2 aliphatic rings. The Labute approximate surface area is 183 Å². The first-order chi connectivity index (χ1) is 15.2. The van der Waals surface area contributed by atoms with Gasteiger partial charge in [0.25, 0.3) is 0 Å². The number of hydrogen-bond acceptors (Lipinski definition) is 3. The molecular weight excluding hydrogens is 385 g/mol. The lowest BCUT2D eigenvalue weighted by molar-refractivity contribution is 0.248. The molecular formula is C27H28FN3. The van der Waals surface area contributed by atoms with Crippen molar-refractivity contribution in [3.63, 3.8) is 0 Å². The van der Waals surface area contributed by atoms with Crippen LogP contribution in [0.5, 0.6) is 0 Å². The van der Waals surface area contributed by atoms with Crippen LogP contribution in [0.25, 0.3) is 23.3 Å². The van der Waals surface area contributed by atoms with Crippen LogP contribution in [-0.2, 0) is 0 Å². The Bertz CT molecular complexity index is 1030. The molecule has 2 fully saturated rings. The fourth-order valence-corrected chi connectivity index (χ4v) is 4.26. The van der Waals surface area contributed by atoms with Gasteiger partial charge < -0.3 is 4.90 Å². The first-order valence-corrected chi connectivity index (χ1v) is 11.2. The third-order valence-corrected chi connectivity index (χ3v) is 6.25. The number of anilines is 1. The normalized spacial score (nSPS) is 17.4. The summed E-state index contributed by atoms with van der Waals surface area (Å²) < 4.78 is 14.1. The molecule has 0 radical (unpaired) electrons. The predicted molar refractivity (Wildman–Crippen MR) is 126 cm³/mol. The molecule has 0 bridgehead atoms. The van der Waals surface area contributed by atoms with Crippen molar-refractivity contribution in [1.29, 1.82) is 0 Å². The van der Waals surface area contributed by atoms with Gasteiger partial charge in [-0.25, -0.2) is 4.39 Å². The average Bonchev–Trinajstić information content (AvgIpc) is 3.63. The number of aromatic nitrogens is 1. The van der Waals surface area contributed by atoms with E-state index in [9.17, 15) is 4.39 Å². The number of rotatable bonds is 6. The molecule has 1 saturated heterocycles. The second-order valence-electron chi connectivity index (χ2n) is 8.67. The van der Waals surface area contributed by atoms with E-state index in [1.807, 2.05) is 30.4 Å². The second kappa shape index (κ2) is 9.03. The molecule has 0 spiro atoms. The minimum Gasteiger partial charge on any atom is -0.369 e. The van der Waals surface area contributed by atoms with Gasteiger partial charge in [0.15, 0.2) is 0 Å². The topological polar surface area (TPSA) is 19.4 Å². The fraction of sp³-hybridized carbons (Fsp3) is 0.296. The largest absolute Gasteiger partial charge is 0.369 e. The van der Waals surface area contributed by atoms with E-state index in [-0.39, 0.29) is 5.82 Å². The molecule has 0 amide bonds. The van der Waals surface area contributed by atoms with Crippen LogP contribution in [0.4, 0.5) is 10.1 Å². The summed E-state index contributed by atoms with van der Waals surface area (Å²) in [6, 6.07) is 17.6. The number of nitrogens with zero attached hydrogens (tertiary/aromatic N) is 3. The molecule has 3 nitrogen and oxygen atoms in total. The zero-order valence-electron chi connectivity index (χ0n) is 17.8. The van der Waals surface area contributed by atoms with E-state index >= 15 is 0 Å². The Kier molecular flexibility index (Phi) is 5.81. The molecule has 2 aromatic carbocycles.